The second-order valence-corrected chi connectivity index (χ2v) is 8.52. The zero-order valence-electron chi connectivity index (χ0n) is 17.4. The maximum absolute atomic E-state index is 12.4. The summed E-state index contributed by atoms with van der Waals surface area (Å²) in [6, 6.07) is 7.57. The third-order valence-corrected chi connectivity index (χ3v) is 5.05. The molecule has 2 heterocycles. The van der Waals surface area contributed by atoms with Crippen LogP contribution in [0.5, 0.6) is 0 Å². The van der Waals surface area contributed by atoms with Gasteiger partial charge in [-0.15, -0.1) is 0 Å². The third-order valence-electron chi connectivity index (χ3n) is 4.32. The number of amides is 1. The summed E-state index contributed by atoms with van der Waals surface area (Å²) in [5.41, 5.74) is 2.52. The molecule has 0 aliphatic heterocycles. The van der Waals surface area contributed by atoms with Crippen LogP contribution < -0.4 is 10.6 Å². The molecule has 0 fully saturated rings. The lowest BCUT2D eigenvalue weighted by molar-refractivity contribution is 0.0952. The second-order valence-electron chi connectivity index (χ2n) is 7.29. The molecule has 0 unspecified atom stereocenters. The van der Waals surface area contributed by atoms with E-state index < -0.39 is 0 Å². The number of thioether (sulfide) groups is 1. The number of aryl methyl sites for hydroxylation is 1. The van der Waals surface area contributed by atoms with E-state index in [9.17, 15) is 4.79 Å². The average molecular weight is 413 g/mol. The molecular weight excluding hydrogens is 384 g/mol. The Morgan fingerprint density at radius 3 is 2.83 bits per heavy atom. The number of benzene rings is 1. The SMILES string of the molecule is CCSc1nc(NCC(C)C)c2cnn(CCNC(=O)c3cccc(C)c3)c2n1. The Morgan fingerprint density at radius 2 is 2.10 bits per heavy atom. The van der Waals surface area contributed by atoms with Gasteiger partial charge in [0, 0.05) is 18.7 Å². The minimum atomic E-state index is -0.0821. The molecule has 0 bridgehead atoms. The van der Waals surface area contributed by atoms with E-state index in [0.29, 0.717) is 24.6 Å². The summed E-state index contributed by atoms with van der Waals surface area (Å²) in [7, 11) is 0. The van der Waals surface area contributed by atoms with Crippen LogP contribution in [0.15, 0.2) is 35.6 Å². The lowest BCUT2D eigenvalue weighted by atomic mass is 10.1. The first-order valence-electron chi connectivity index (χ1n) is 9.93. The van der Waals surface area contributed by atoms with Gasteiger partial charge in [-0.3, -0.25) is 4.79 Å². The summed E-state index contributed by atoms with van der Waals surface area (Å²) in [4.78, 5) is 21.7. The highest BCUT2D eigenvalue weighted by atomic mass is 32.2. The zero-order chi connectivity index (χ0) is 20.8. The molecule has 0 saturated heterocycles. The summed E-state index contributed by atoms with van der Waals surface area (Å²) in [6.07, 6.45) is 1.79. The van der Waals surface area contributed by atoms with E-state index >= 15 is 0 Å². The van der Waals surface area contributed by atoms with Crippen LogP contribution >= 0.6 is 11.8 Å². The number of hydrogen-bond donors (Lipinski definition) is 2. The highest BCUT2D eigenvalue weighted by Crippen LogP contribution is 2.24. The summed E-state index contributed by atoms with van der Waals surface area (Å²) in [6.45, 7) is 10.2. The van der Waals surface area contributed by atoms with E-state index in [1.165, 1.54) is 0 Å². The molecule has 2 aromatic heterocycles. The fourth-order valence-electron chi connectivity index (χ4n) is 2.89. The Kier molecular flexibility index (Phi) is 7.09. The number of anilines is 1. The molecule has 0 aliphatic rings. The van der Waals surface area contributed by atoms with Gasteiger partial charge in [-0.2, -0.15) is 5.10 Å². The van der Waals surface area contributed by atoms with Gasteiger partial charge in [0.2, 0.25) is 0 Å². The average Bonchev–Trinajstić information content (AvgIpc) is 3.09. The number of carbonyl (C=O) groups is 1. The highest BCUT2D eigenvalue weighted by molar-refractivity contribution is 7.99. The Balaban J connectivity index is 1.74. The Labute approximate surface area is 175 Å². The first-order chi connectivity index (χ1) is 14.0. The van der Waals surface area contributed by atoms with E-state index in [1.54, 1.807) is 18.0 Å². The van der Waals surface area contributed by atoms with Gasteiger partial charge in [-0.05, 0) is 30.7 Å². The van der Waals surface area contributed by atoms with Crippen molar-refractivity contribution in [3.63, 3.8) is 0 Å². The van der Waals surface area contributed by atoms with Gasteiger partial charge in [0.25, 0.3) is 5.91 Å². The molecule has 0 radical (unpaired) electrons. The van der Waals surface area contributed by atoms with Crippen molar-refractivity contribution in [3.8, 4) is 0 Å². The van der Waals surface area contributed by atoms with E-state index in [-0.39, 0.29) is 5.91 Å². The quantitative estimate of drug-likeness (QED) is 0.411. The normalized spacial score (nSPS) is 11.2. The monoisotopic (exact) mass is 412 g/mol. The van der Waals surface area contributed by atoms with Gasteiger partial charge in [0.15, 0.2) is 10.8 Å². The van der Waals surface area contributed by atoms with Crippen LogP contribution in [0.2, 0.25) is 0 Å². The maximum Gasteiger partial charge on any atom is 0.251 e. The van der Waals surface area contributed by atoms with Crippen molar-refractivity contribution in [2.45, 2.75) is 39.4 Å². The van der Waals surface area contributed by atoms with E-state index in [4.69, 9.17) is 0 Å². The summed E-state index contributed by atoms with van der Waals surface area (Å²) in [5, 5.41) is 12.5. The Bertz CT molecular complexity index is 984. The molecule has 0 saturated carbocycles. The van der Waals surface area contributed by atoms with E-state index in [0.717, 1.165) is 39.9 Å². The predicted molar refractivity (Wildman–Crippen MR) is 119 cm³/mol. The van der Waals surface area contributed by atoms with Gasteiger partial charge >= 0.3 is 0 Å². The molecule has 3 aromatic rings. The molecule has 2 N–H and O–H groups in total. The fraction of sp³-hybridized carbons (Fsp3) is 0.429. The van der Waals surface area contributed by atoms with Crippen molar-refractivity contribution in [3.05, 3.63) is 41.6 Å². The minimum absolute atomic E-state index is 0.0821. The smallest absolute Gasteiger partial charge is 0.251 e. The zero-order valence-corrected chi connectivity index (χ0v) is 18.2. The molecule has 1 amide bonds. The van der Waals surface area contributed by atoms with Gasteiger partial charge < -0.3 is 10.6 Å². The van der Waals surface area contributed by atoms with Crippen LogP contribution in [0, 0.1) is 12.8 Å². The lowest BCUT2D eigenvalue weighted by Gasteiger charge is -2.11. The number of carbonyl (C=O) groups excluding carboxylic acids is 1. The van der Waals surface area contributed by atoms with Crippen molar-refractivity contribution < 1.29 is 4.79 Å². The van der Waals surface area contributed by atoms with Crippen LogP contribution in [0.3, 0.4) is 0 Å². The van der Waals surface area contributed by atoms with Crippen LogP contribution in [0.1, 0.15) is 36.7 Å². The Morgan fingerprint density at radius 1 is 1.28 bits per heavy atom. The first kappa shape index (κ1) is 21.1. The molecule has 29 heavy (non-hydrogen) atoms. The van der Waals surface area contributed by atoms with Crippen molar-refractivity contribution in [1.29, 1.82) is 0 Å². The van der Waals surface area contributed by atoms with Crippen molar-refractivity contribution >= 4 is 34.5 Å². The standard InChI is InChI=1S/C21H28N6OS/c1-5-29-21-25-18(23-12-14(2)3)17-13-24-27(19(17)26-21)10-9-22-20(28)16-8-6-7-15(4)11-16/h6-8,11,13-14H,5,9-10,12H2,1-4H3,(H,22,28)(H,23,25,26). The highest BCUT2D eigenvalue weighted by Gasteiger charge is 2.14. The molecule has 0 atom stereocenters. The molecular formula is C21H28N6OS. The minimum Gasteiger partial charge on any atom is -0.369 e. The number of nitrogens with one attached hydrogen (secondary N) is 2. The second kappa shape index (κ2) is 9.73. The van der Waals surface area contributed by atoms with Gasteiger partial charge in [0.1, 0.15) is 5.82 Å². The van der Waals surface area contributed by atoms with Gasteiger partial charge in [-0.1, -0.05) is 50.2 Å². The fourth-order valence-corrected chi connectivity index (χ4v) is 3.46. The van der Waals surface area contributed by atoms with Crippen LogP contribution in [0.25, 0.3) is 11.0 Å². The molecule has 0 aliphatic carbocycles. The summed E-state index contributed by atoms with van der Waals surface area (Å²) < 4.78 is 1.83. The molecule has 8 heteroatoms. The van der Waals surface area contributed by atoms with Crippen LogP contribution in [-0.4, -0.2) is 44.5 Å². The number of fused-ring (bicyclic) bond motifs is 1. The molecule has 154 valence electrons. The maximum atomic E-state index is 12.4. The van der Waals surface area contributed by atoms with Crippen molar-refractivity contribution in [2.24, 2.45) is 5.92 Å². The number of hydrogen-bond acceptors (Lipinski definition) is 6. The van der Waals surface area contributed by atoms with E-state index in [2.05, 4.69) is 46.5 Å². The van der Waals surface area contributed by atoms with Crippen molar-refractivity contribution in [1.82, 2.24) is 25.1 Å². The predicted octanol–water partition coefficient (Wildman–Crippen LogP) is 3.74. The Hall–Kier alpha value is -2.61. The topological polar surface area (TPSA) is 84.7 Å². The van der Waals surface area contributed by atoms with Crippen LogP contribution in [0.4, 0.5) is 5.82 Å². The molecule has 1 aromatic carbocycles. The van der Waals surface area contributed by atoms with Crippen LogP contribution in [-0.2, 0) is 6.54 Å². The molecule has 3 rings (SSSR count). The first-order valence-corrected chi connectivity index (χ1v) is 10.9. The van der Waals surface area contributed by atoms with E-state index in [1.807, 2.05) is 35.9 Å². The third kappa shape index (κ3) is 5.47. The van der Waals surface area contributed by atoms with Gasteiger partial charge in [-0.25, -0.2) is 14.6 Å². The molecule has 0 spiro atoms. The summed E-state index contributed by atoms with van der Waals surface area (Å²) in [5.74, 6) is 2.14. The number of rotatable bonds is 9. The summed E-state index contributed by atoms with van der Waals surface area (Å²) >= 11 is 1.60. The number of aromatic nitrogens is 4. The van der Waals surface area contributed by atoms with Gasteiger partial charge in [0.05, 0.1) is 18.1 Å². The number of nitrogens with zero attached hydrogens (tertiary/aromatic N) is 4. The molecule has 7 nitrogen and oxygen atoms in total. The van der Waals surface area contributed by atoms with Crippen molar-refractivity contribution in [2.75, 3.05) is 24.2 Å². The lowest BCUT2D eigenvalue weighted by Crippen LogP contribution is -2.27. The largest absolute Gasteiger partial charge is 0.369 e.